The number of hydrogen-bond donors (Lipinski definition) is 2. The molecule has 3 amide bonds. The van der Waals surface area contributed by atoms with Crippen LogP contribution in [0.3, 0.4) is 0 Å². The Hall–Kier alpha value is -3.06. The molecule has 2 aliphatic heterocycles. The van der Waals surface area contributed by atoms with E-state index >= 15 is 0 Å². The molecule has 2 aromatic carbocycles. The molecule has 3 aliphatic rings. The molecule has 2 N–H and O–H groups in total. The number of carbonyl (C=O) groups is 3. The van der Waals surface area contributed by atoms with Gasteiger partial charge >= 0.3 is 0 Å². The number of nitrogens with zero attached hydrogens (tertiary/aromatic N) is 1. The lowest BCUT2D eigenvalue weighted by molar-refractivity contribution is -0.136. The van der Waals surface area contributed by atoms with Crippen LogP contribution in [0.1, 0.15) is 71.1 Å². The SMILES string of the molecule is Cc1ccc(CN[C@H]2CCCC[C@@H]2Cc2ccc3c(c2)CN(C2CCC(=O)NC2=O)C3=O)c(F)c1. The fraction of sp³-hybridized carbons (Fsp3) is 0.464. The first kappa shape index (κ1) is 23.7. The zero-order valence-electron chi connectivity index (χ0n) is 20.1. The van der Waals surface area contributed by atoms with Gasteiger partial charge < -0.3 is 10.2 Å². The van der Waals surface area contributed by atoms with E-state index in [1.807, 2.05) is 31.2 Å². The van der Waals surface area contributed by atoms with Crippen LogP contribution in [0, 0.1) is 18.7 Å². The van der Waals surface area contributed by atoms with Crippen molar-refractivity contribution in [3.8, 4) is 0 Å². The van der Waals surface area contributed by atoms with Gasteiger partial charge in [-0.2, -0.15) is 0 Å². The second-order valence-corrected chi connectivity index (χ2v) is 10.2. The topological polar surface area (TPSA) is 78.5 Å². The molecule has 1 unspecified atom stereocenters. The summed E-state index contributed by atoms with van der Waals surface area (Å²) in [4.78, 5) is 38.4. The number of halogens is 1. The van der Waals surface area contributed by atoms with Crippen LogP contribution in [0.4, 0.5) is 4.39 Å². The van der Waals surface area contributed by atoms with E-state index in [4.69, 9.17) is 0 Å². The fourth-order valence-electron chi connectivity index (χ4n) is 5.81. The summed E-state index contributed by atoms with van der Waals surface area (Å²) in [5, 5.41) is 5.96. The minimum atomic E-state index is -0.592. The fourth-order valence-corrected chi connectivity index (χ4v) is 5.81. The van der Waals surface area contributed by atoms with Gasteiger partial charge in [0.2, 0.25) is 11.8 Å². The Kier molecular flexibility index (Phi) is 6.69. The number of aryl methyl sites for hydroxylation is 1. The summed E-state index contributed by atoms with van der Waals surface area (Å²) in [6.07, 6.45) is 6.07. The average molecular weight is 478 g/mol. The van der Waals surface area contributed by atoms with Crippen LogP contribution >= 0.6 is 0 Å². The molecule has 0 aromatic heterocycles. The average Bonchev–Trinajstić information content (AvgIpc) is 3.15. The molecule has 3 atom stereocenters. The largest absolute Gasteiger partial charge is 0.322 e. The molecule has 7 heteroatoms. The summed E-state index contributed by atoms with van der Waals surface area (Å²) >= 11 is 0. The van der Waals surface area contributed by atoms with Crippen molar-refractivity contribution in [2.75, 3.05) is 0 Å². The first-order valence-electron chi connectivity index (χ1n) is 12.6. The number of fused-ring (bicyclic) bond motifs is 1. The molecule has 2 heterocycles. The summed E-state index contributed by atoms with van der Waals surface area (Å²) < 4.78 is 14.3. The molecule has 0 radical (unpaired) electrons. The molecule has 35 heavy (non-hydrogen) atoms. The molecule has 5 rings (SSSR count). The molecule has 184 valence electrons. The molecule has 0 bridgehead atoms. The van der Waals surface area contributed by atoms with Crippen LogP contribution in [0.15, 0.2) is 36.4 Å². The number of imide groups is 1. The van der Waals surface area contributed by atoms with Crippen LogP contribution < -0.4 is 10.6 Å². The number of benzene rings is 2. The van der Waals surface area contributed by atoms with Crippen molar-refractivity contribution in [2.24, 2.45) is 5.92 Å². The number of hydrogen-bond acceptors (Lipinski definition) is 4. The van der Waals surface area contributed by atoms with Crippen molar-refractivity contribution < 1.29 is 18.8 Å². The van der Waals surface area contributed by atoms with E-state index in [0.29, 0.717) is 42.6 Å². The smallest absolute Gasteiger partial charge is 0.255 e. The highest BCUT2D eigenvalue weighted by atomic mass is 19.1. The Balaban J connectivity index is 1.25. The maximum atomic E-state index is 14.3. The number of amides is 3. The van der Waals surface area contributed by atoms with Crippen molar-refractivity contribution in [1.82, 2.24) is 15.5 Å². The Morgan fingerprint density at radius 2 is 1.89 bits per heavy atom. The lowest BCUT2D eigenvalue weighted by Crippen LogP contribution is -2.52. The van der Waals surface area contributed by atoms with E-state index in [2.05, 4.69) is 16.7 Å². The Bertz CT molecular complexity index is 1160. The summed E-state index contributed by atoms with van der Waals surface area (Å²) in [7, 11) is 0. The highest BCUT2D eigenvalue weighted by Crippen LogP contribution is 2.32. The molecule has 6 nitrogen and oxygen atoms in total. The Labute approximate surface area is 205 Å². The van der Waals surface area contributed by atoms with E-state index in [9.17, 15) is 18.8 Å². The van der Waals surface area contributed by atoms with Crippen LogP contribution in [-0.2, 0) is 29.1 Å². The van der Waals surface area contributed by atoms with Gasteiger partial charge in [0.25, 0.3) is 5.91 Å². The summed E-state index contributed by atoms with van der Waals surface area (Å²) in [5.41, 5.74) is 4.39. The molecule has 1 saturated carbocycles. The summed E-state index contributed by atoms with van der Waals surface area (Å²) in [5.74, 6) is -0.520. The quantitative estimate of drug-likeness (QED) is 0.621. The molecular weight excluding hydrogens is 445 g/mol. The molecule has 1 saturated heterocycles. The maximum Gasteiger partial charge on any atom is 0.255 e. The summed E-state index contributed by atoms with van der Waals surface area (Å²) in [6, 6.07) is 11.1. The molecular formula is C28H32FN3O3. The minimum absolute atomic E-state index is 0.140. The number of nitrogens with one attached hydrogen (secondary N) is 2. The zero-order valence-corrected chi connectivity index (χ0v) is 20.1. The lowest BCUT2D eigenvalue weighted by Gasteiger charge is -2.33. The Morgan fingerprint density at radius 3 is 2.69 bits per heavy atom. The number of piperidine rings is 1. The normalized spacial score (nSPS) is 24.5. The van der Waals surface area contributed by atoms with Crippen LogP contribution in [0.5, 0.6) is 0 Å². The van der Waals surface area contributed by atoms with E-state index in [0.717, 1.165) is 30.4 Å². The van der Waals surface area contributed by atoms with Crippen molar-refractivity contribution in [3.05, 3.63) is 70.0 Å². The molecule has 2 aromatic rings. The van der Waals surface area contributed by atoms with E-state index in [1.54, 1.807) is 11.0 Å². The zero-order chi connectivity index (χ0) is 24.5. The number of rotatable bonds is 6. The predicted octanol–water partition coefficient (Wildman–Crippen LogP) is 3.79. The van der Waals surface area contributed by atoms with Crippen LogP contribution in [-0.4, -0.2) is 34.7 Å². The van der Waals surface area contributed by atoms with Gasteiger partial charge in [-0.15, -0.1) is 0 Å². The first-order valence-corrected chi connectivity index (χ1v) is 12.6. The molecule has 0 spiro atoms. The number of carbonyl (C=O) groups excluding carboxylic acids is 3. The maximum absolute atomic E-state index is 14.3. The predicted molar refractivity (Wildman–Crippen MR) is 130 cm³/mol. The minimum Gasteiger partial charge on any atom is -0.322 e. The van der Waals surface area contributed by atoms with Crippen molar-refractivity contribution in [3.63, 3.8) is 0 Å². The van der Waals surface area contributed by atoms with Gasteiger partial charge in [-0.3, -0.25) is 19.7 Å². The standard InChI is InChI=1S/C28H32FN3O3/c1-17-6-8-20(23(29)12-17)15-30-24-5-3-2-4-19(24)13-18-7-9-22-21(14-18)16-32(28(22)35)25-10-11-26(33)31-27(25)34/h6-9,12,14,19,24-25,30H,2-5,10-11,13,15-16H2,1H3,(H,31,33,34)/t19-,24+,25?/m1/s1. The van der Waals surface area contributed by atoms with Gasteiger partial charge in [0.05, 0.1) is 0 Å². The molecule has 1 aliphatic carbocycles. The second kappa shape index (κ2) is 9.90. The van der Waals surface area contributed by atoms with Gasteiger partial charge in [0.1, 0.15) is 11.9 Å². The van der Waals surface area contributed by atoms with Gasteiger partial charge in [-0.25, -0.2) is 4.39 Å². The highest BCUT2D eigenvalue weighted by Gasteiger charge is 2.39. The van der Waals surface area contributed by atoms with Crippen LogP contribution in [0.2, 0.25) is 0 Å². The van der Waals surface area contributed by atoms with E-state index < -0.39 is 6.04 Å². The van der Waals surface area contributed by atoms with E-state index in [1.165, 1.54) is 18.4 Å². The highest BCUT2D eigenvalue weighted by molar-refractivity contribution is 6.05. The van der Waals surface area contributed by atoms with Gasteiger partial charge in [-0.05, 0) is 67.3 Å². The van der Waals surface area contributed by atoms with Gasteiger partial charge in [-0.1, -0.05) is 37.1 Å². The van der Waals surface area contributed by atoms with Crippen molar-refractivity contribution >= 4 is 17.7 Å². The second-order valence-electron chi connectivity index (χ2n) is 10.2. The lowest BCUT2D eigenvalue weighted by atomic mass is 9.80. The van der Waals surface area contributed by atoms with Crippen LogP contribution in [0.25, 0.3) is 0 Å². The third-order valence-electron chi connectivity index (χ3n) is 7.76. The monoisotopic (exact) mass is 477 g/mol. The Morgan fingerprint density at radius 1 is 1.06 bits per heavy atom. The van der Waals surface area contributed by atoms with Gasteiger partial charge in [0.15, 0.2) is 0 Å². The first-order chi connectivity index (χ1) is 16.9. The van der Waals surface area contributed by atoms with Crippen molar-refractivity contribution in [1.29, 1.82) is 0 Å². The van der Waals surface area contributed by atoms with E-state index in [-0.39, 0.29) is 30.0 Å². The third-order valence-corrected chi connectivity index (χ3v) is 7.76. The summed E-state index contributed by atoms with van der Waals surface area (Å²) in [6.45, 7) is 2.81. The van der Waals surface area contributed by atoms with Gasteiger partial charge in [0, 0.05) is 36.7 Å². The molecule has 2 fully saturated rings. The van der Waals surface area contributed by atoms with Crippen molar-refractivity contribution in [2.45, 2.75) is 77.0 Å². The third kappa shape index (κ3) is 5.01.